The number of amides is 1. The fourth-order valence-electron chi connectivity index (χ4n) is 1.98. The van der Waals surface area contributed by atoms with E-state index in [4.69, 9.17) is 14.2 Å². The smallest absolute Gasteiger partial charge is 0.255 e. The first-order chi connectivity index (χ1) is 11.2. The second-order valence-corrected chi connectivity index (χ2v) is 4.78. The van der Waals surface area contributed by atoms with Crippen molar-refractivity contribution in [3.8, 4) is 11.5 Å². The maximum atomic E-state index is 12.2. The van der Waals surface area contributed by atoms with Crippen LogP contribution in [0.4, 0.5) is 5.69 Å². The Morgan fingerprint density at radius 1 is 1.00 bits per heavy atom. The number of hydrogen-bond acceptors (Lipinski definition) is 4. The van der Waals surface area contributed by atoms with Gasteiger partial charge >= 0.3 is 0 Å². The van der Waals surface area contributed by atoms with Crippen molar-refractivity contribution in [1.29, 1.82) is 0 Å². The number of anilines is 1. The van der Waals surface area contributed by atoms with E-state index in [1.807, 2.05) is 25.1 Å². The Balaban J connectivity index is 1.96. The first-order valence-electron chi connectivity index (χ1n) is 7.49. The summed E-state index contributed by atoms with van der Waals surface area (Å²) in [5.41, 5.74) is 1.26. The van der Waals surface area contributed by atoms with Crippen molar-refractivity contribution in [2.75, 3.05) is 32.2 Å². The van der Waals surface area contributed by atoms with E-state index >= 15 is 0 Å². The predicted molar refractivity (Wildman–Crippen MR) is 89.4 cm³/mol. The zero-order valence-corrected chi connectivity index (χ0v) is 13.4. The highest BCUT2D eigenvalue weighted by molar-refractivity contribution is 6.04. The standard InChI is InChI=1S/C18H21NO4/c1-3-22-17-6-4-5-15(13-17)19-18(20)14-7-9-16(10-8-14)23-12-11-21-2/h4-10,13H,3,11-12H2,1-2H3,(H,19,20). The number of benzene rings is 2. The molecule has 0 aliphatic heterocycles. The molecule has 0 spiro atoms. The van der Waals surface area contributed by atoms with E-state index in [9.17, 15) is 4.79 Å². The first kappa shape index (κ1) is 16.8. The Morgan fingerprint density at radius 2 is 1.78 bits per heavy atom. The van der Waals surface area contributed by atoms with Gasteiger partial charge in [0.15, 0.2) is 0 Å². The average molecular weight is 315 g/mol. The van der Waals surface area contributed by atoms with Crippen LogP contribution >= 0.6 is 0 Å². The van der Waals surface area contributed by atoms with Crippen LogP contribution < -0.4 is 14.8 Å². The summed E-state index contributed by atoms with van der Waals surface area (Å²) in [5.74, 6) is 1.26. The van der Waals surface area contributed by atoms with E-state index < -0.39 is 0 Å². The van der Waals surface area contributed by atoms with Gasteiger partial charge in [0.1, 0.15) is 18.1 Å². The summed E-state index contributed by atoms with van der Waals surface area (Å²) < 4.78 is 15.8. The highest BCUT2D eigenvalue weighted by Crippen LogP contribution is 2.19. The van der Waals surface area contributed by atoms with E-state index in [-0.39, 0.29) is 5.91 Å². The summed E-state index contributed by atoms with van der Waals surface area (Å²) in [6, 6.07) is 14.3. The van der Waals surface area contributed by atoms with Crippen LogP contribution in [-0.2, 0) is 4.74 Å². The molecule has 2 aromatic rings. The number of carbonyl (C=O) groups is 1. The quantitative estimate of drug-likeness (QED) is 0.759. The lowest BCUT2D eigenvalue weighted by molar-refractivity contribution is 0.102. The molecule has 0 unspecified atom stereocenters. The number of methoxy groups -OCH3 is 1. The monoisotopic (exact) mass is 315 g/mol. The summed E-state index contributed by atoms with van der Waals surface area (Å²) in [6.07, 6.45) is 0. The molecule has 0 atom stereocenters. The summed E-state index contributed by atoms with van der Waals surface area (Å²) in [7, 11) is 1.62. The van der Waals surface area contributed by atoms with Gasteiger partial charge in [0.25, 0.3) is 5.91 Å². The Morgan fingerprint density at radius 3 is 2.48 bits per heavy atom. The van der Waals surface area contributed by atoms with Crippen LogP contribution in [0.1, 0.15) is 17.3 Å². The van der Waals surface area contributed by atoms with E-state index in [2.05, 4.69) is 5.32 Å². The van der Waals surface area contributed by atoms with Gasteiger partial charge < -0.3 is 19.5 Å². The number of hydrogen-bond donors (Lipinski definition) is 1. The van der Waals surface area contributed by atoms with Crippen molar-refractivity contribution < 1.29 is 19.0 Å². The lowest BCUT2D eigenvalue weighted by Crippen LogP contribution is -2.12. The molecule has 23 heavy (non-hydrogen) atoms. The van der Waals surface area contributed by atoms with Crippen molar-refractivity contribution in [2.24, 2.45) is 0 Å². The zero-order valence-electron chi connectivity index (χ0n) is 13.4. The molecule has 0 aliphatic rings. The lowest BCUT2D eigenvalue weighted by atomic mass is 10.2. The Bertz CT molecular complexity index is 625. The molecule has 0 bridgehead atoms. The number of ether oxygens (including phenoxy) is 3. The molecule has 2 rings (SSSR count). The molecule has 0 radical (unpaired) electrons. The molecule has 0 heterocycles. The van der Waals surface area contributed by atoms with Crippen molar-refractivity contribution >= 4 is 11.6 Å². The highest BCUT2D eigenvalue weighted by Gasteiger charge is 2.07. The van der Waals surface area contributed by atoms with E-state index in [1.165, 1.54) is 0 Å². The Labute approximate surface area is 136 Å². The van der Waals surface area contributed by atoms with Gasteiger partial charge in [-0.05, 0) is 43.3 Å². The van der Waals surface area contributed by atoms with E-state index in [0.29, 0.717) is 36.8 Å². The zero-order chi connectivity index (χ0) is 16.5. The molecule has 0 saturated heterocycles. The Hall–Kier alpha value is -2.53. The van der Waals surface area contributed by atoms with Crippen molar-refractivity contribution in [3.05, 3.63) is 54.1 Å². The second-order valence-electron chi connectivity index (χ2n) is 4.78. The van der Waals surface area contributed by atoms with E-state index in [1.54, 1.807) is 37.4 Å². The van der Waals surface area contributed by atoms with E-state index in [0.717, 1.165) is 5.75 Å². The fraction of sp³-hybridized carbons (Fsp3) is 0.278. The molecule has 5 nitrogen and oxygen atoms in total. The molecular weight excluding hydrogens is 294 g/mol. The van der Waals surface area contributed by atoms with Crippen LogP contribution in [0.25, 0.3) is 0 Å². The maximum absolute atomic E-state index is 12.2. The third kappa shape index (κ3) is 5.30. The molecule has 1 amide bonds. The second kappa shape index (κ2) is 8.80. The van der Waals surface area contributed by atoms with Crippen LogP contribution in [-0.4, -0.2) is 32.8 Å². The third-order valence-electron chi connectivity index (χ3n) is 3.08. The fourth-order valence-corrected chi connectivity index (χ4v) is 1.98. The minimum atomic E-state index is -0.179. The highest BCUT2D eigenvalue weighted by atomic mass is 16.5. The summed E-state index contributed by atoms with van der Waals surface area (Å²) in [6.45, 7) is 3.51. The number of rotatable bonds is 8. The minimum absolute atomic E-state index is 0.179. The van der Waals surface area contributed by atoms with Crippen LogP contribution in [0.15, 0.2) is 48.5 Å². The molecular formula is C18H21NO4. The molecule has 1 N–H and O–H groups in total. The summed E-state index contributed by atoms with van der Waals surface area (Å²) >= 11 is 0. The molecule has 0 saturated carbocycles. The molecule has 0 aromatic heterocycles. The van der Waals surface area contributed by atoms with Gasteiger partial charge in [-0.2, -0.15) is 0 Å². The third-order valence-corrected chi connectivity index (χ3v) is 3.08. The molecule has 122 valence electrons. The van der Waals surface area contributed by atoms with Gasteiger partial charge in [0.2, 0.25) is 0 Å². The van der Waals surface area contributed by atoms with Gasteiger partial charge in [-0.1, -0.05) is 6.07 Å². The largest absolute Gasteiger partial charge is 0.494 e. The molecule has 0 aliphatic carbocycles. The average Bonchev–Trinajstić information content (AvgIpc) is 2.56. The maximum Gasteiger partial charge on any atom is 0.255 e. The minimum Gasteiger partial charge on any atom is -0.494 e. The van der Waals surface area contributed by atoms with Crippen LogP contribution in [0.2, 0.25) is 0 Å². The Kier molecular flexibility index (Phi) is 6.44. The molecule has 2 aromatic carbocycles. The van der Waals surface area contributed by atoms with Gasteiger partial charge in [0, 0.05) is 24.4 Å². The van der Waals surface area contributed by atoms with Crippen LogP contribution in [0.5, 0.6) is 11.5 Å². The van der Waals surface area contributed by atoms with Crippen molar-refractivity contribution in [3.63, 3.8) is 0 Å². The molecule has 0 fully saturated rings. The summed E-state index contributed by atoms with van der Waals surface area (Å²) in [5, 5.41) is 2.85. The summed E-state index contributed by atoms with van der Waals surface area (Å²) in [4.78, 5) is 12.2. The molecule has 5 heteroatoms. The van der Waals surface area contributed by atoms with Crippen molar-refractivity contribution in [1.82, 2.24) is 0 Å². The first-order valence-corrected chi connectivity index (χ1v) is 7.49. The lowest BCUT2D eigenvalue weighted by Gasteiger charge is -2.09. The van der Waals surface area contributed by atoms with Crippen molar-refractivity contribution in [2.45, 2.75) is 6.92 Å². The topological polar surface area (TPSA) is 56.8 Å². The SMILES string of the molecule is CCOc1cccc(NC(=O)c2ccc(OCCOC)cc2)c1. The van der Waals surface area contributed by atoms with Gasteiger partial charge in [-0.3, -0.25) is 4.79 Å². The van der Waals surface area contributed by atoms with Gasteiger partial charge in [-0.15, -0.1) is 0 Å². The predicted octanol–water partition coefficient (Wildman–Crippen LogP) is 3.36. The normalized spacial score (nSPS) is 10.2. The van der Waals surface area contributed by atoms with Gasteiger partial charge in [0.05, 0.1) is 13.2 Å². The number of carbonyl (C=O) groups excluding carboxylic acids is 1. The van der Waals surface area contributed by atoms with Crippen LogP contribution in [0, 0.1) is 0 Å². The van der Waals surface area contributed by atoms with Gasteiger partial charge in [-0.25, -0.2) is 0 Å². The van der Waals surface area contributed by atoms with Crippen LogP contribution in [0.3, 0.4) is 0 Å². The number of nitrogens with one attached hydrogen (secondary N) is 1.